The first-order chi connectivity index (χ1) is 7.13. The Labute approximate surface area is 95.6 Å². The van der Waals surface area contributed by atoms with Crippen molar-refractivity contribution in [3.63, 3.8) is 0 Å². The summed E-state index contributed by atoms with van der Waals surface area (Å²) in [5.41, 5.74) is -0.669. The first kappa shape index (κ1) is 11.5. The van der Waals surface area contributed by atoms with Gasteiger partial charge in [-0.1, -0.05) is 28.9 Å². The lowest BCUT2D eigenvalue weighted by molar-refractivity contribution is 0.179. The topological polar surface area (TPSA) is 62.4 Å². The summed E-state index contributed by atoms with van der Waals surface area (Å²) in [5, 5.41) is 12.5. The molecule has 0 heterocycles. The molecule has 0 fully saturated rings. The van der Waals surface area contributed by atoms with Gasteiger partial charge in [-0.3, -0.25) is 0 Å². The summed E-state index contributed by atoms with van der Waals surface area (Å²) in [6, 6.07) is 8.10. The minimum atomic E-state index is -1.10. The van der Waals surface area contributed by atoms with Crippen molar-refractivity contribution in [2.24, 2.45) is 5.16 Å². The van der Waals surface area contributed by atoms with Crippen LogP contribution in [-0.2, 0) is 4.84 Å². The summed E-state index contributed by atoms with van der Waals surface area (Å²) >= 11 is 10.6. The van der Waals surface area contributed by atoms with Crippen LogP contribution in [0.25, 0.3) is 0 Å². The highest BCUT2D eigenvalue weighted by molar-refractivity contribution is 6.61. The van der Waals surface area contributed by atoms with Crippen LogP contribution in [0.3, 0.4) is 0 Å². The quantitative estimate of drug-likeness (QED) is 0.347. The van der Waals surface area contributed by atoms with Gasteiger partial charge in [0, 0.05) is 22.2 Å². The fraction of sp³-hybridized carbons (Fsp3) is 0. The number of nitriles is 1. The zero-order valence-electron chi connectivity index (χ0n) is 7.28. The molecule has 0 spiro atoms. The molecule has 1 aromatic rings. The third kappa shape index (κ3) is 3.58. The van der Waals surface area contributed by atoms with Crippen molar-refractivity contribution in [3.05, 3.63) is 34.9 Å². The van der Waals surface area contributed by atoms with Crippen molar-refractivity contribution in [2.75, 3.05) is 0 Å². The maximum absolute atomic E-state index is 10.3. The average molecular weight is 243 g/mol. The SMILES string of the molecule is N#C/C(=N\OC(=O)Cl)c1ccc(Cl)cc1. The van der Waals surface area contributed by atoms with Crippen LogP contribution in [0.4, 0.5) is 4.79 Å². The lowest BCUT2D eigenvalue weighted by atomic mass is 10.1. The van der Waals surface area contributed by atoms with Crippen LogP contribution in [0.5, 0.6) is 0 Å². The normalized spacial score (nSPS) is 10.6. The Balaban J connectivity index is 2.93. The number of benzene rings is 1. The van der Waals surface area contributed by atoms with Gasteiger partial charge >= 0.3 is 5.43 Å². The molecule has 6 heteroatoms. The van der Waals surface area contributed by atoms with Crippen molar-refractivity contribution in [1.29, 1.82) is 5.26 Å². The van der Waals surface area contributed by atoms with Crippen molar-refractivity contribution in [3.8, 4) is 6.07 Å². The molecule has 15 heavy (non-hydrogen) atoms. The molecule has 0 aliphatic carbocycles. The van der Waals surface area contributed by atoms with Gasteiger partial charge in [0.25, 0.3) is 0 Å². The third-order valence-corrected chi connectivity index (χ3v) is 1.75. The molecule has 76 valence electrons. The predicted octanol–water partition coefficient (Wildman–Crippen LogP) is 2.94. The molecule has 0 aliphatic rings. The van der Waals surface area contributed by atoms with E-state index >= 15 is 0 Å². The number of oxime groups is 1. The van der Waals surface area contributed by atoms with Gasteiger partial charge in [-0.25, -0.2) is 4.79 Å². The Hall–Kier alpha value is -1.57. The van der Waals surface area contributed by atoms with E-state index in [0.717, 1.165) is 0 Å². The van der Waals surface area contributed by atoms with E-state index < -0.39 is 5.43 Å². The van der Waals surface area contributed by atoms with Crippen molar-refractivity contribution in [1.82, 2.24) is 0 Å². The van der Waals surface area contributed by atoms with Gasteiger partial charge in [0.05, 0.1) is 0 Å². The van der Waals surface area contributed by atoms with Gasteiger partial charge in [-0.05, 0) is 12.1 Å². The molecule has 1 rings (SSSR count). The van der Waals surface area contributed by atoms with Crippen LogP contribution < -0.4 is 0 Å². The summed E-state index contributed by atoms with van der Waals surface area (Å²) in [6.07, 6.45) is 0. The van der Waals surface area contributed by atoms with E-state index in [-0.39, 0.29) is 5.71 Å². The molecule has 0 unspecified atom stereocenters. The lowest BCUT2D eigenvalue weighted by Gasteiger charge is -1.96. The second kappa shape index (κ2) is 5.35. The van der Waals surface area contributed by atoms with E-state index in [1.54, 1.807) is 30.3 Å². The molecule has 0 amide bonds. The van der Waals surface area contributed by atoms with Gasteiger partial charge in [0.1, 0.15) is 6.07 Å². The largest absolute Gasteiger partial charge is 0.429 e. The van der Waals surface area contributed by atoms with Crippen molar-refractivity contribution < 1.29 is 9.63 Å². The fourth-order valence-electron chi connectivity index (χ4n) is 0.827. The summed E-state index contributed by atoms with van der Waals surface area (Å²) in [5.74, 6) is 0. The van der Waals surface area contributed by atoms with Crippen LogP contribution in [0.1, 0.15) is 5.56 Å². The highest BCUT2D eigenvalue weighted by atomic mass is 35.5. The van der Waals surface area contributed by atoms with Crippen molar-refractivity contribution >= 4 is 34.3 Å². The smallest absolute Gasteiger partial charge is 0.301 e. The number of halogens is 2. The van der Waals surface area contributed by atoms with E-state index in [4.69, 9.17) is 28.5 Å². The Morgan fingerprint density at radius 2 is 2.00 bits per heavy atom. The molecule has 0 saturated carbocycles. The van der Waals surface area contributed by atoms with E-state index in [2.05, 4.69) is 9.99 Å². The Morgan fingerprint density at radius 3 is 2.47 bits per heavy atom. The average Bonchev–Trinajstić information content (AvgIpc) is 2.21. The van der Waals surface area contributed by atoms with Gasteiger partial charge in [0.15, 0.2) is 5.71 Å². The second-order valence-electron chi connectivity index (χ2n) is 2.39. The summed E-state index contributed by atoms with van der Waals surface area (Å²) < 4.78 is 0. The molecule has 0 aliphatic heterocycles. The molecule has 0 radical (unpaired) electrons. The molecular formula is C9H4Cl2N2O2. The predicted molar refractivity (Wildman–Crippen MR) is 55.9 cm³/mol. The van der Waals surface area contributed by atoms with E-state index in [1.807, 2.05) is 0 Å². The van der Waals surface area contributed by atoms with E-state index in [0.29, 0.717) is 10.6 Å². The maximum Gasteiger partial charge on any atom is 0.429 e. The van der Waals surface area contributed by atoms with Crippen LogP contribution in [0, 0.1) is 11.3 Å². The molecule has 0 atom stereocenters. The second-order valence-corrected chi connectivity index (χ2v) is 3.13. The monoisotopic (exact) mass is 242 g/mol. The summed E-state index contributed by atoms with van der Waals surface area (Å²) in [6.45, 7) is 0. The fourth-order valence-corrected chi connectivity index (χ4v) is 0.987. The minimum Gasteiger partial charge on any atom is -0.301 e. The molecule has 0 bridgehead atoms. The first-order valence-corrected chi connectivity index (χ1v) is 4.49. The maximum atomic E-state index is 10.3. The Kier molecular flexibility index (Phi) is 4.10. The summed E-state index contributed by atoms with van der Waals surface area (Å²) in [7, 11) is 0. The first-order valence-electron chi connectivity index (χ1n) is 3.74. The van der Waals surface area contributed by atoms with Crippen molar-refractivity contribution in [2.45, 2.75) is 0 Å². The standard InChI is InChI=1S/C9H4Cl2N2O2/c10-7-3-1-6(2-4-7)8(5-12)13-15-9(11)14/h1-4H/b13-8+. The third-order valence-electron chi connectivity index (χ3n) is 1.43. The Bertz CT molecular complexity index is 434. The molecule has 0 aromatic heterocycles. The minimum absolute atomic E-state index is 0.0549. The summed E-state index contributed by atoms with van der Waals surface area (Å²) in [4.78, 5) is 14.4. The number of carbonyl (C=O) groups excluding carboxylic acids is 1. The molecule has 0 N–H and O–H groups in total. The number of hydrogen-bond donors (Lipinski definition) is 0. The van der Waals surface area contributed by atoms with E-state index in [9.17, 15) is 4.79 Å². The highest BCUT2D eigenvalue weighted by Crippen LogP contribution is 2.10. The number of hydrogen-bond acceptors (Lipinski definition) is 4. The molecule has 0 saturated heterocycles. The van der Waals surface area contributed by atoms with Crippen LogP contribution in [-0.4, -0.2) is 11.1 Å². The lowest BCUT2D eigenvalue weighted by Crippen LogP contribution is -1.99. The van der Waals surface area contributed by atoms with Crippen LogP contribution >= 0.6 is 23.2 Å². The number of rotatable bonds is 2. The van der Waals surface area contributed by atoms with Gasteiger partial charge in [0.2, 0.25) is 0 Å². The molecule has 1 aromatic carbocycles. The van der Waals surface area contributed by atoms with E-state index in [1.165, 1.54) is 0 Å². The number of carbonyl (C=O) groups is 1. The highest BCUT2D eigenvalue weighted by Gasteiger charge is 2.04. The van der Waals surface area contributed by atoms with Gasteiger partial charge in [-0.2, -0.15) is 5.26 Å². The molecule has 4 nitrogen and oxygen atoms in total. The van der Waals surface area contributed by atoms with Crippen LogP contribution in [0.2, 0.25) is 5.02 Å². The van der Waals surface area contributed by atoms with Crippen LogP contribution in [0.15, 0.2) is 29.4 Å². The molecular weight excluding hydrogens is 239 g/mol. The van der Waals surface area contributed by atoms with Gasteiger partial charge in [-0.15, -0.1) is 0 Å². The zero-order chi connectivity index (χ0) is 11.3. The van der Waals surface area contributed by atoms with Gasteiger partial charge < -0.3 is 4.84 Å². The Morgan fingerprint density at radius 1 is 1.40 bits per heavy atom. The number of nitrogens with zero attached hydrogens (tertiary/aromatic N) is 2. The zero-order valence-corrected chi connectivity index (χ0v) is 8.79.